The van der Waals surface area contributed by atoms with Crippen molar-refractivity contribution in [2.75, 3.05) is 0 Å². The number of imidazole rings is 1. The lowest BCUT2D eigenvalue weighted by molar-refractivity contribution is -0.121. The fourth-order valence-electron chi connectivity index (χ4n) is 3.30. The molecule has 1 amide bonds. The Morgan fingerprint density at radius 2 is 2.08 bits per heavy atom. The van der Waals surface area contributed by atoms with Gasteiger partial charge in [-0.15, -0.1) is 0 Å². The number of amides is 1. The molecule has 2 N–H and O–H groups in total. The maximum Gasteiger partial charge on any atom is 0.220 e. The van der Waals surface area contributed by atoms with Crippen molar-refractivity contribution in [1.29, 1.82) is 0 Å². The van der Waals surface area contributed by atoms with Crippen LogP contribution >= 0.6 is 0 Å². The minimum Gasteiger partial charge on any atom is -0.351 e. The highest BCUT2D eigenvalue weighted by atomic mass is 16.1. The number of carbonyl (C=O) groups excluding carboxylic acids is 1. The first-order valence-corrected chi connectivity index (χ1v) is 8.88. The highest BCUT2D eigenvalue weighted by Crippen LogP contribution is 2.21. The third kappa shape index (κ3) is 3.20. The van der Waals surface area contributed by atoms with Gasteiger partial charge in [-0.25, -0.2) is 4.98 Å². The maximum absolute atomic E-state index is 12.3. The van der Waals surface area contributed by atoms with Gasteiger partial charge >= 0.3 is 0 Å². The lowest BCUT2D eigenvalue weighted by Crippen LogP contribution is -2.26. The second-order valence-electron chi connectivity index (χ2n) is 6.73. The number of benzene rings is 2. The van der Waals surface area contributed by atoms with E-state index in [-0.39, 0.29) is 11.9 Å². The van der Waals surface area contributed by atoms with Gasteiger partial charge in [0.15, 0.2) is 0 Å². The number of H-pyrrole nitrogens is 1. The molecule has 0 bridgehead atoms. The van der Waals surface area contributed by atoms with Gasteiger partial charge in [-0.05, 0) is 42.1 Å². The van der Waals surface area contributed by atoms with Crippen molar-refractivity contribution < 1.29 is 4.79 Å². The first kappa shape index (κ1) is 16.4. The number of aromatic nitrogens is 3. The van der Waals surface area contributed by atoms with Crippen LogP contribution in [0, 0.1) is 0 Å². The van der Waals surface area contributed by atoms with Crippen LogP contribution in [0.2, 0.25) is 0 Å². The van der Waals surface area contributed by atoms with E-state index in [1.165, 1.54) is 10.9 Å². The van der Waals surface area contributed by atoms with Crippen molar-refractivity contribution >= 4 is 27.8 Å². The molecule has 0 fully saturated rings. The summed E-state index contributed by atoms with van der Waals surface area (Å²) in [4.78, 5) is 20.1. The molecule has 2 heterocycles. The number of aryl methyl sites for hydroxylation is 2. The summed E-state index contributed by atoms with van der Waals surface area (Å²) < 4.78 is 2.09. The average molecular weight is 346 g/mol. The molecule has 0 aliphatic heterocycles. The molecule has 0 saturated heterocycles. The number of nitrogens with zero attached hydrogens (tertiary/aromatic N) is 2. The van der Waals surface area contributed by atoms with E-state index < -0.39 is 0 Å². The number of rotatable bonds is 5. The second-order valence-corrected chi connectivity index (χ2v) is 6.73. The molecule has 0 aliphatic carbocycles. The van der Waals surface area contributed by atoms with Crippen LogP contribution < -0.4 is 5.32 Å². The zero-order valence-electron chi connectivity index (χ0n) is 15.0. The van der Waals surface area contributed by atoms with Crippen LogP contribution in [0.15, 0.2) is 54.7 Å². The molecule has 5 nitrogen and oxygen atoms in total. The van der Waals surface area contributed by atoms with Gasteiger partial charge in [-0.2, -0.15) is 0 Å². The molecule has 26 heavy (non-hydrogen) atoms. The quantitative estimate of drug-likeness (QED) is 0.576. The van der Waals surface area contributed by atoms with Crippen molar-refractivity contribution in [2.24, 2.45) is 7.05 Å². The van der Waals surface area contributed by atoms with Crippen molar-refractivity contribution in [3.63, 3.8) is 0 Å². The molecule has 0 saturated carbocycles. The Bertz CT molecular complexity index is 1040. The lowest BCUT2D eigenvalue weighted by atomic mass is 10.1. The first-order valence-electron chi connectivity index (χ1n) is 8.88. The van der Waals surface area contributed by atoms with Crippen molar-refractivity contribution in [1.82, 2.24) is 19.9 Å². The predicted octanol–water partition coefficient (Wildman–Crippen LogP) is 3.86. The largest absolute Gasteiger partial charge is 0.351 e. The molecule has 5 heteroatoms. The highest BCUT2D eigenvalue weighted by molar-refractivity contribution is 5.81. The zero-order chi connectivity index (χ0) is 18.1. The van der Waals surface area contributed by atoms with E-state index in [9.17, 15) is 4.79 Å². The molecule has 0 spiro atoms. The van der Waals surface area contributed by atoms with Gasteiger partial charge in [0.25, 0.3) is 0 Å². The van der Waals surface area contributed by atoms with Gasteiger partial charge in [-0.1, -0.05) is 24.3 Å². The average Bonchev–Trinajstić information content (AvgIpc) is 3.23. The summed E-state index contributed by atoms with van der Waals surface area (Å²) in [5.74, 6) is 0.879. The van der Waals surface area contributed by atoms with E-state index in [1.807, 2.05) is 44.4 Å². The minimum absolute atomic E-state index is 0.0301. The smallest absolute Gasteiger partial charge is 0.220 e. The van der Waals surface area contributed by atoms with Gasteiger partial charge in [0.1, 0.15) is 5.82 Å². The van der Waals surface area contributed by atoms with Crippen LogP contribution in [0.25, 0.3) is 21.9 Å². The third-order valence-corrected chi connectivity index (χ3v) is 4.82. The van der Waals surface area contributed by atoms with Gasteiger partial charge in [-0.3, -0.25) is 4.79 Å². The van der Waals surface area contributed by atoms with Crippen LogP contribution in [-0.4, -0.2) is 20.4 Å². The van der Waals surface area contributed by atoms with Crippen LogP contribution in [-0.2, 0) is 18.3 Å². The molecular weight excluding hydrogens is 324 g/mol. The molecular formula is C21H22N4O. The third-order valence-electron chi connectivity index (χ3n) is 4.82. The summed E-state index contributed by atoms with van der Waals surface area (Å²) in [6, 6.07) is 16.3. The Labute approximate surface area is 152 Å². The summed E-state index contributed by atoms with van der Waals surface area (Å²) in [6.45, 7) is 2.02. The summed E-state index contributed by atoms with van der Waals surface area (Å²) in [6.07, 6.45) is 3.06. The predicted molar refractivity (Wildman–Crippen MR) is 104 cm³/mol. The Morgan fingerprint density at radius 3 is 2.92 bits per heavy atom. The summed E-state index contributed by atoms with van der Waals surface area (Å²) >= 11 is 0. The molecule has 2 aromatic heterocycles. The van der Waals surface area contributed by atoms with Gasteiger partial charge in [0.05, 0.1) is 17.1 Å². The fraction of sp³-hybridized carbons (Fsp3) is 0.238. The Morgan fingerprint density at radius 1 is 1.23 bits per heavy atom. The monoisotopic (exact) mass is 346 g/mol. The summed E-state index contributed by atoms with van der Waals surface area (Å²) in [7, 11) is 2.03. The molecule has 4 rings (SSSR count). The molecule has 1 atom stereocenters. The fourth-order valence-corrected chi connectivity index (χ4v) is 3.30. The molecule has 2 aromatic carbocycles. The number of nitrogens with one attached hydrogen (secondary N) is 2. The van der Waals surface area contributed by atoms with E-state index in [1.54, 1.807) is 0 Å². The number of hydrogen-bond acceptors (Lipinski definition) is 2. The van der Waals surface area contributed by atoms with Gasteiger partial charge in [0, 0.05) is 31.6 Å². The van der Waals surface area contributed by atoms with Crippen LogP contribution in [0.5, 0.6) is 0 Å². The number of carbonyl (C=O) groups is 1. The Kier molecular flexibility index (Phi) is 4.21. The second kappa shape index (κ2) is 6.67. The van der Waals surface area contributed by atoms with Crippen LogP contribution in [0.1, 0.15) is 30.8 Å². The van der Waals surface area contributed by atoms with E-state index >= 15 is 0 Å². The van der Waals surface area contributed by atoms with Crippen molar-refractivity contribution in [3.8, 4) is 0 Å². The molecule has 132 valence electrons. The van der Waals surface area contributed by atoms with Crippen LogP contribution in [0.4, 0.5) is 0 Å². The van der Waals surface area contributed by atoms with Gasteiger partial charge < -0.3 is 14.9 Å². The number of para-hydroxylation sites is 2. The van der Waals surface area contributed by atoms with Crippen LogP contribution in [0.3, 0.4) is 0 Å². The first-order chi connectivity index (χ1) is 12.6. The zero-order valence-corrected chi connectivity index (χ0v) is 15.0. The molecule has 0 radical (unpaired) electrons. The molecule has 4 aromatic rings. The normalized spacial score (nSPS) is 12.5. The number of fused-ring (bicyclic) bond motifs is 2. The SMILES string of the molecule is CC(NC(=O)CCc1nc2ccccc2[nH]1)c1ccc2ccn(C)c2c1. The lowest BCUT2D eigenvalue weighted by Gasteiger charge is -2.14. The highest BCUT2D eigenvalue weighted by Gasteiger charge is 2.12. The van der Waals surface area contributed by atoms with Gasteiger partial charge in [0.2, 0.25) is 5.91 Å². The minimum atomic E-state index is -0.0301. The summed E-state index contributed by atoms with van der Waals surface area (Å²) in [5, 5.41) is 4.29. The Balaban J connectivity index is 1.39. The maximum atomic E-state index is 12.3. The Hall–Kier alpha value is -3.08. The summed E-state index contributed by atoms with van der Waals surface area (Å²) in [5.41, 5.74) is 4.22. The van der Waals surface area contributed by atoms with E-state index in [2.05, 4.69) is 44.1 Å². The van der Waals surface area contributed by atoms with E-state index in [0.717, 1.165) is 22.4 Å². The topological polar surface area (TPSA) is 62.7 Å². The molecule has 1 unspecified atom stereocenters. The van der Waals surface area contributed by atoms with Crippen molar-refractivity contribution in [3.05, 3.63) is 66.1 Å². The van der Waals surface area contributed by atoms with E-state index in [0.29, 0.717) is 12.8 Å². The number of hydrogen-bond donors (Lipinski definition) is 2. The standard InChI is InChI=1S/C21H22N4O/c1-14(16-8-7-15-11-12-25(2)19(15)13-16)22-21(26)10-9-20-23-17-5-3-4-6-18(17)24-20/h3-8,11-14H,9-10H2,1-2H3,(H,22,26)(H,23,24). The molecule has 0 aliphatic rings. The number of aromatic amines is 1. The van der Waals surface area contributed by atoms with Crippen molar-refractivity contribution in [2.45, 2.75) is 25.8 Å². The van der Waals surface area contributed by atoms with E-state index in [4.69, 9.17) is 0 Å².